The molecule has 0 saturated carbocycles. The van der Waals surface area contributed by atoms with Crippen LogP contribution in [0.3, 0.4) is 0 Å². The van der Waals surface area contributed by atoms with Crippen molar-refractivity contribution in [2.75, 3.05) is 18.5 Å². The molecule has 1 aliphatic rings. The van der Waals surface area contributed by atoms with Crippen molar-refractivity contribution in [2.24, 2.45) is 0 Å². The minimum atomic E-state index is 0.700. The first-order valence-electron chi connectivity index (χ1n) is 9.24. The van der Waals surface area contributed by atoms with Crippen LogP contribution < -0.4 is 19.5 Å². The number of hydrogen-bond acceptors (Lipinski definition) is 4. The van der Waals surface area contributed by atoms with Gasteiger partial charge < -0.3 is 19.5 Å². The zero-order valence-electron chi connectivity index (χ0n) is 15.4. The predicted octanol–water partition coefficient (Wildman–Crippen LogP) is 5.56. The topological polar surface area (TPSA) is 39.7 Å². The molecule has 3 aromatic carbocycles. The van der Waals surface area contributed by atoms with Crippen molar-refractivity contribution in [3.63, 3.8) is 0 Å². The maximum atomic E-state index is 5.94. The zero-order chi connectivity index (χ0) is 18.5. The maximum absolute atomic E-state index is 5.94. The Labute approximate surface area is 159 Å². The highest BCUT2D eigenvalue weighted by atomic mass is 16.5. The third kappa shape index (κ3) is 4.34. The van der Waals surface area contributed by atoms with Gasteiger partial charge in [0.2, 0.25) is 0 Å². The van der Waals surface area contributed by atoms with Gasteiger partial charge in [-0.05, 0) is 60.5 Å². The Morgan fingerprint density at radius 2 is 1.70 bits per heavy atom. The SMILES string of the molecule is Cc1cc(NCc2ccc3c(c2)OCCCO3)ccc1Oc1ccccc1. The number of benzene rings is 3. The van der Waals surface area contributed by atoms with Crippen LogP contribution in [0.15, 0.2) is 66.7 Å². The normalized spacial score (nSPS) is 12.9. The molecule has 4 heteroatoms. The summed E-state index contributed by atoms with van der Waals surface area (Å²) in [4.78, 5) is 0. The molecule has 4 nitrogen and oxygen atoms in total. The number of fused-ring (bicyclic) bond motifs is 1. The smallest absolute Gasteiger partial charge is 0.161 e. The second kappa shape index (κ2) is 8.04. The monoisotopic (exact) mass is 361 g/mol. The van der Waals surface area contributed by atoms with E-state index in [1.165, 1.54) is 0 Å². The summed E-state index contributed by atoms with van der Waals surface area (Å²) in [5.41, 5.74) is 3.30. The number of nitrogens with one attached hydrogen (secondary N) is 1. The van der Waals surface area contributed by atoms with Crippen LogP contribution in [0.5, 0.6) is 23.0 Å². The van der Waals surface area contributed by atoms with E-state index in [4.69, 9.17) is 14.2 Å². The molecule has 0 bridgehead atoms. The maximum Gasteiger partial charge on any atom is 0.161 e. The highest BCUT2D eigenvalue weighted by Gasteiger charge is 2.10. The molecule has 4 rings (SSSR count). The van der Waals surface area contributed by atoms with Crippen LogP contribution in [0, 0.1) is 6.92 Å². The molecule has 0 atom stereocenters. The lowest BCUT2D eigenvalue weighted by atomic mass is 10.1. The summed E-state index contributed by atoms with van der Waals surface area (Å²) in [6.07, 6.45) is 0.916. The third-order valence-electron chi connectivity index (χ3n) is 4.45. The van der Waals surface area contributed by atoms with Crippen LogP contribution in [-0.2, 0) is 6.54 Å². The summed E-state index contributed by atoms with van der Waals surface area (Å²) in [5.74, 6) is 3.36. The fraction of sp³-hybridized carbons (Fsp3) is 0.217. The van der Waals surface area contributed by atoms with Crippen molar-refractivity contribution in [1.29, 1.82) is 0 Å². The lowest BCUT2D eigenvalue weighted by Crippen LogP contribution is -2.01. The van der Waals surface area contributed by atoms with E-state index in [1.807, 2.05) is 54.6 Å². The van der Waals surface area contributed by atoms with E-state index >= 15 is 0 Å². The first-order valence-corrected chi connectivity index (χ1v) is 9.24. The Kier molecular flexibility index (Phi) is 5.15. The van der Waals surface area contributed by atoms with Gasteiger partial charge in [-0.25, -0.2) is 0 Å². The van der Waals surface area contributed by atoms with Crippen LogP contribution in [0.4, 0.5) is 5.69 Å². The van der Waals surface area contributed by atoms with Gasteiger partial charge in [0, 0.05) is 18.7 Å². The Balaban J connectivity index is 1.41. The van der Waals surface area contributed by atoms with Crippen molar-refractivity contribution in [2.45, 2.75) is 19.9 Å². The highest BCUT2D eigenvalue weighted by Crippen LogP contribution is 2.31. The second-order valence-electron chi connectivity index (χ2n) is 6.58. The van der Waals surface area contributed by atoms with E-state index in [9.17, 15) is 0 Å². The van der Waals surface area contributed by atoms with Gasteiger partial charge in [-0.1, -0.05) is 24.3 Å². The molecule has 0 aromatic heterocycles. The Morgan fingerprint density at radius 1 is 0.889 bits per heavy atom. The van der Waals surface area contributed by atoms with Crippen LogP contribution in [0.1, 0.15) is 17.5 Å². The van der Waals surface area contributed by atoms with Crippen molar-refractivity contribution in [1.82, 2.24) is 0 Å². The standard InChI is InChI=1S/C23H23NO3/c1-17-14-19(9-11-21(17)27-20-6-3-2-4-7-20)24-16-18-8-10-22-23(15-18)26-13-5-12-25-22/h2-4,6-11,14-15,24H,5,12-13,16H2,1H3. The minimum absolute atomic E-state index is 0.700. The number of anilines is 1. The molecule has 1 aliphatic heterocycles. The lowest BCUT2D eigenvalue weighted by molar-refractivity contribution is 0.297. The number of para-hydroxylation sites is 1. The van der Waals surface area contributed by atoms with Gasteiger partial charge in [-0.3, -0.25) is 0 Å². The van der Waals surface area contributed by atoms with Gasteiger partial charge in [-0.2, -0.15) is 0 Å². The molecule has 0 spiro atoms. The number of aryl methyl sites for hydroxylation is 1. The van der Waals surface area contributed by atoms with Crippen molar-refractivity contribution in [3.8, 4) is 23.0 Å². The first kappa shape index (κ1) is 17.3. The largest absolute Gasteiger partial charge is 0.490 e. The molecule has 0 unspecified atom stereocenters. The number of ether oxygens (including phenoxy) is 3. The fourth-order valence-electron chi connectivity index (χ4n) is 3.01. The molecule has 0 saturated heterocycles. The average molecular weight is 361 g/mol. The van der Waals surface area contributed by atoms with Crippen LogP contribution in [-0.4, -0.2) is 13.2 Å². The highest BCUT2D eigenvalue weighted by molar-refractivity contribution is 5.52. The fourth-order valence-corrected chi connectivity index (χ4v) is 3.01. The minimum Gasteiger partial charge on any atom is -0.490 e. The van der Waals surface area contributed by atoms with Gasteiger partial charge in [0.15, 0.2) is 11.5 Å². The van der Waals surface area contributed by atoms with Crippen molar-refractivity contribution < 1.29 is 14.2 Å². The van der Waals surface area contributed by atoms with Gasteiger partial charge in [0.05, 0.1) is 13.2 Å². The van der Waals surface area contributed by atoms with Crippen LogP contribution in [0.25, 0.3) is 0 Å². The van der Waals surface area contributed by atoms with Gasteiger partial charge in [0.25, 0.3) is 0 Å². The number of hydrogen-bond donors (Lipinski definition) is 1. The summed E-state index contributed by atoms with van der Waals surface area (Å²) in [7, 11) is 0. The predicted molar refractivity (Wildman–Crippen MR) is 107 cm³/mol. The van der Waals surface area contributed by atoms with Crippen molar-refractivity contribution in [3.05, 3.63) is 77.9 Å². The number of rotatable bonds is 5. The van der Waals surface area contributed by atoms with Gasteiger partial charge in [0.1, 0.15) is 11.5 Å². The zero-order valence-corrected chi connectivity index (χ0v) is 15.4. The molecule has 0 amide bonds. The molecule has 3 aromatic rings. The molecule has 0 radical (unpaired) electrons. The third-order valence-corrected chi connectivity index (χ3v) is 4.45. The van der Waals surface area contributed by atoms with E-state index in [0.717, 1.165) is 52.8 Å². The van der Waals surface area contributed by atoms with E-state index in [2.05, 4.69) is 24.4 Å². The van der Waals surface area contributed by atoms with E-state index in [-0.39, 0.29) is 0 Å². The van der Waals surface area contributed by atoms with Crippen LogP contribution >= 0.6 is 0 Å². The summed E-state index contributed by atoms with van der Waals surface area (Å²) in [6.45, 7) is 4.18. The molecule has 0 aliphatic carbocycles. The van der Waals surface area contributed by atoms with Crippen LogP contribution in [0.2, 0.25) is 0 Å². The Morgan fingerprint density at radius 3 is 2.52 bits per heavy atom. The molecular formula is C23H23NO3. The van der Waals surface area contributed by atoms with E-state index in [0.29, 0.717) is 13.2 Å². The quantitative estimate of drug-likeness (QED) is 0.646. The molecular weight excluding hydrogens is 338 g/mol. The van der Waals surface area contributed by atoms with Gasteiger partial charge in [-0.15, -0.1) is 0 Å². The Hall–Kier alpha value is -3.14. The molecule has 27 heavy (non-hydrogen) atoms. The summed E-state index contributed by atoms with van der Waals surface area (Å²) in [5, 5.41) is 3.46. The first-order chi connectivity index (χ1) is 13.3. The summed E-state index contributed by atoms with van der Waals surface area (Å²) >= 11 is 0. The molecule has 0 fully saturated rings. The van der Waals surface area contributed by atoms with Gasteiger partial charge >= 0.3 is 0 Å². The lowest BCUT2D eigenvalue weighted by Gasteiger charge is -2.13. The summed E-state index contributed by atoms with van der Waals surface area (Å²) in [6, 6.07) is 22.1. The van der Waals surface area contributed by atoms with Crippen molar-refractivity contribution >= 4 is 5.69 Å². The molecule has 138 valence electrons. The Bertz CT molecular complexity index is 909. The second-order valence-corrected chi connectivity index (χ2v) is 6.58. The molecule has 1 heterocycles. The van der Waals surface area contributed by atoms with E-state index < -0.39 is 0 Å². The average Bonchev–Trinajstić information content (AvgIpc) is 2.94. The molecule has 1 N–H and O–H groups in total. The van der Waals surface area contributed by atoms with E-state index in [1.54, 1.807) is 0 Å². The summed E-state index contributed by atoms with van der Waals surface area (Å²) < 4.78 is 17.4.